The second kappa shape index (κ2) is 9.05. The lowest BCUT2D eigenvalue weighted by atomic mass is 10.2. The molecule has 3 aromatic heterocycles. The minimum absolute atomic E-state index is 0.128. The van der Waals surface area contributed by atoms with Crippen LogP contribution in [0.1, 0.15) is 5.69 Å². The average molecular weight is 477 g/mol. The highest BCUT2D eigenvalue weighted by Gasteiger charge is 2.13. The van der Waals surface area contributed by atoms with E-state index in [1.54, 1.807) is 25.6 Å². The highest BCUT2D eigenvalue weighted by atomic mass is 32.1. The van der Waals surface area contributed by atoms with Crippen LogP contribution in [-0.4, -0.2) is 35.1 Å². The molecule has 0 aliphatic rings. The van der Waals surface area contributed by atoms with Crippen LogP contribution in [-0.2, 0) is 11.2 Å². The lowest BCUT2D eigenvalue weighted by Crippen LogP contribution is -2.14. The van der Waals surface area contributed by atoms with Gasteiger partial charge in [-0.25, -0.2) is 9.97 Å². The first-order chi connectivity index (χ1) is 16.1. The summed E-state index contributed by atoms with van der Waals surface area (Å²) in [6, 6.07) is 15.3. The van der Waals surface area contributed by atoms with Crippen LogP contribution in [0.25, 0.3) is 32.3 Å². The minimum Gasteiger partial charge on any atom is -0.493 e. The minimum atomic E-state index is -0.128. The number of carbonyl (C=O) groups excluding carboxylic acids is 1. The fourth-order valence-electron chi connectivity index (χ4n) is 3.48. The van der Waals surface area contributed by atoms with Gasteiger partial charge >= 0.3 is 0 Å². The number of methoxy groups -OCH3 is 2. The topological polar surface area (TPSA) is 89.1 Å². The van der Waals surface area contributed by atoms with Crippen molar-refractivity contribution in [2.45, 2.75) is 6.42 Å². The molecule has 2 N–H and O–H groups in total. The molecule has 2 aromatic carbocycles. The summed E-state index contributed by atoms with van der Waals surface area (Å²) in [5.41, 5.74) is 4.07. The molecule has 0 saturated heterocycles. The SMILES string of the molecule is COc1ccc(-c2nc(CC(=O)Nc3ccc4nc(-c5cccs5)[nH]c4c3)cs2)cc1OC. The van der Waals surface area contributed by atoms with E-state index in [1.807, 2.05) is 59.3 Å². The van der Waals surface area contributed by atoms with Crippen LogP contribution in [0.3, 0.4) is 0 Å². The maximum atomic E-state index is 12.6. The predicted molar refractivity (Wildman–Crippen MR) is 132 cm³/mol. The number of hydrogen-bond acceptors (Lipinski definition) is 7. The second-order valence-electron chi connectivity index (χ2n) is 7.23. The van der Waals surface area contributed by atoms with Gasteiger partial charge in [0.1, 0.15) is 10.8 Å². The Morgan fingerprint density at radius 3 is 2.70 bits per heavy atom. The van der Waals surface area contributed by atoms with Gasteiger partial charge in [-0.3, -0.25) is 4.79 Å². The Morgan fingerprint density at radius 1 is 1.03 bits per heavy atom. The van der Waals surface area contributed by atoms with E-state index in [-0.39, 0.29) is 12.3 Å². The van der Waals surface area contributed by atoms with E-state index >= 15 is 0 Å². The first kappa shape index (κ1) is 21.2. The van der Waals surface area contributed by atoms with E-state index in [0.29, 0.717) is 22.9 Å². The second-order valence-corrected chi connectivity index (χ2v) is 9.04. The molecule has 0 aliphatic heterocycles. The summed E-state index contributed by atoms with van der Waals surface area (Å²) in [5.74, 6) is 2.00. The lowest BCUT2D eigenvalue weighted by Gasteiger charge is -2.08. The third kappa shape index (κ3) is 4.46. The zero-order chi connectivity index (χ0) is 22.8. The maximum Gasteiger partial charge on any atom is 0.230 e. The Labute approximate surface area is 198 Å². The molecule has 0 radical (unpaired) electrons. The van der Waals surface area contributed by atoms with Gasteiger partial charge in [-0.2, -0.15) is 0 Å². The molecule has 33 heavy (non-hydrogen) atoms. The number of benzene rings is 2. The van der Waals surface area contributed by atoms with Crippen LogP contribution in [0.2, 0.25) is 0 Å². The number of thiazole rings is 1. The number of ether oxygens (including phenoxy) is 2. The third-order valence-corrected chi connectivity index (χ3v) is 6.86. The molecule has 9 heteroatoms. The highest BCUT2D eigenvalue weighted by molar-refractivity contribution is 7.13. The number of hydrogen-bond donors (Lipinski definition) is 2. The number of aromatic amines is 1. The van der Waals surface area contributed by atoms with E-state index in [4.69, 9.17) is 9.47 Å². The molecule has 5 aromatic rings. The Bertz CT molecular complexity index is 1420. The Kier molecular flexibility index (Phi) is 5.80. The van der Waals surface area contributed by atoms with Crippen LogP contribution in [0.15, 0.2) is 59.3 Å². The van der Waals surface area contributed by atoms with Crippen molar-refractivity contribution >= 4 is 45.3 Å². The van der Waals surface area contributed by atoms with Crippen molar-refractivity contribution in [1.82, 2.24) is 15.0 Å². The number of fused-ring (bicyclic) bond motifs is 1. The molecule has 0 spiro atoms. The smallest absolute Gasteiger partial charge is 0.230 e. The summed E-state index contributed by atoms with van der Waals surface area (Å²) < 4.78 is 10.7. The molecule has 0 unspecified atom stereocenters. The molecule has 7 nitrogen and oxygen atoms in total. The van der Waals surface area contributed by atoms with E-state index in [2.05, 4.69) is 20.3 Å². The number of imidazole rings is 1. The molecular formula is C24H20N4O3S2. The quantitative estimate of drug-likeness (QED) is 0.319. The van der Waals surface area contributed by atoms with Crippen LogP contribution >= 0.6 is 22.7 Å². The normalized spacial score (nSPS) is 11.0. The van der Waals surface area contributed by atoms with Crippen LogP contribution in [0.4, 0.5) is 5.69 Å². The summed E-state index contributed by atoms with van der Waals surface area (Å²) in [5, 5.41) is 7.69. The fourth-order valence-corrected chi connectivity index (χ4v) is 4.96. The lowest BCUT2D eigenvalue weighted by molar-refractivity contribution is -0.115. The van der Waals surface area contributed by atoms with Crippen LogP contribution in [0, 0.1) is 0 Å². The monoisotopic (exact) mass is 476 g/mol. The number of H-pyrrole nitrogens is 1. The van der Waals surface area contributed by atoms with E-state index in [9.17, 15) is 4.79 Å². The van der Waals surface area contributed by atoms with E-state index in [0.717, 1.165) is 32.3 Å². The fraction of sp³-hybridized carbons (Fsp3) is 0.125. The van der Waals surface area contributed by atoms with Crippen molar-refractivity contribution in [1.29, 1.82) is 0 Å². The number of amides is 1. The molecule has 0 bridgehead atoms. The molecule has 0 aliphatic carbocycles. The largest absolute Gasteiger partial charge is 0.493 e. The molecule has 0 fully saturated rings. The zero-order valence-corrected chi connectivity index (χ0v) is 19.5. The zero-order valence-electron chi connectivity index (χ0n) is 17.9. The van der Waals surface area contributed by atoms with E-state index in [1.165, 1.54) is 11.3 Å². The Hall–Kier alpha value is -3.69. The number of nitrogens with one attached hydrogen (secondary N) is 2. The Morgan fingerprint density at radius 2 is 1.91 bits per heavy atom. The van der Waals surface area contributed by atoms with E-state index < -0.39 is 0 Å². The van der Waals surface area contributed by atoms with Crippen LogP contribution < -0.4 is 14.8 Å². The van der Waals surface area contributed by atoms with Crippen molar-refractivity contribution in [2.24, 2.45) is 0 Å². The molecule has 1 amide bonds. The van der Waals surface area contributed by atoms with Gasteiger partial charge in [0.25, 0.3) is 0 Å². The molecule has 166 valence electrons. The summed E-state index contributed by atoms with van der Waals surface area (Å²) in [7, 11) is 3.20. The van der Waals surface area contributed by atoms with Gasteiger partial charge in [0.15, 0.2) is 11.5 Å². The van der Waals surface area contributed by atoms with Gasteiger partial charge in [0.05, 0.1) is 42.2 Å². The summed E-state index contributed by atoms with van der Waals surface area (Å²) >= 11 is 3.12. The van der Waals surface area contributed by atoms with Gasteiger partial charge in [0.2, 0.25) is 5.91 Å². The first-order valence-corrected chi connectivity index (χ1v) is 11.9. The number of rotatable bonds is 7. The van der Waals surface area contributed by atoms with Gasteiger partial charge in [-0.1, -0.05) is 6.07 Å². The van der Waals surface area contributed by atoms with Crippen molar-refractivity contribution in [3.05, 3.63) is 65.0 Å². The van der Waals surface area contributed by atoms with Crippen molar-refractivity contribution < 1.29 is 14.3 Å². The van der Waals surface area contributed by atoms with Gasteiger partial charge in [0, 0.05) is 16.6 Å². The molecule has 3 heterocycles. The summed E-state index contributed by atoms with van der Waals surface area (Å²) in [6.45, 7) is 0. The molecule has 0 saturated carbocycles. The third-order valence-electron chi connectivity index (χ3n) is 5.04. The van der Waals surface area contributed by atoms with Crippen molar-refractivity contribution in [3.63, 3.8) is 0 Å². The summed E-state index contributed by atoms with van der Waals surface area (Å²) in [4.78, 5) is 26.3. The highest BCUT2D eigenvalue weighted by Crippen LogP contribution is 2.33. The number of thiophene rings is 1. The van der Waals surface area contributed by atoms with Gasteiger partial charge < -0.3 is 19.8 Å². The van der Waals surface area contributed by atoms with Gasteiger partial charge in [-0.05, 0) is 47.8 Å². The average Bonchev–Trinajstić information content (AvgIpc) is 3.58. The number of anilines is 1. The summed E-state index contributed by atoms with van der Waals surface area (Å²) in [6.07, 6.45) is 0.186. The number of carbonyl (C=O) groups is 1. The number of nitrogens with zero attached hydrogens (tertiary/aromatic N) is 2. The van der Waals surface area contributed by atoms with Gasteiger partial charge in [-0.15, -0.1) is 22.7 Å². The van der Waals surface area contributed by atoms with Crippen molar-refractivity contribution in [2.75, 3.05) is 19.5 Å². The number of aromatic nitrogens is 3. The first-order valence-electron chi connectivity index (χ1n) is 10.1. The predicted octanol–water partition coefficient (Wildman–Crippen LogP) is 5.61. The molecule has 5 rings (SSSR count). The van der Waals surface area contributed by atoms with Crippen molar-refractivity contribution in [3.8, 4) is 32.8 Å². The standard InChI is InChI=1S/C24H20N4O3S2/c1-30-19-8-5-14(10-20(19)31-2)24-26-16(13-33-24)12-22(29)25-15-6-7-17-18(11-15)28-23(27-17)21-4-3-9-32-21/h3-11,13H,12H2,1-2H3,(H,25,29)(H,27,28). The maximum absolute atomic E-state index is 12.6. The molecular weight excluding hydrogens is 456 g/mol. The Balaban J connectivity index is 1.28. The van der Waals surface area contributed by atoms with Crippen LogP contribution in [0.5, 0.6) is 11.5 Å². The molecule has 0 atom stereocenters.